The van der Waals surface area contributed by atoms with E-state index in [1.54, 1.807) is 17.3 Å². The zero-order chi connectivity index (χ0) is 35.1. The number of nitrogens with zero attached hydrogens (tertiary/aromatic N) is 9. The summed E-state index contributed by atoms with van der Waals surface area (Å²) in [5, 5.41) is 16.8. The van der Waals surface area contributed by atoms with Crippen molar-refractivity contribution in [2.24, 2.45) is 9.98 Å². The maximum Gasteiger partial charge on any atom is 0.353 e. The van der Waals surface area contributed by atoms with Crippen molar-refractivity contribution in [1.82, 2.24) is 44.8 Å². The van der Waals surface area contributed by atoms with E-state index in [0.29, 0.717) is 99.4 Å². The van der Waals surface area contributed by atoms with Crippen LogP contribution < -0.4 is 10.6 Å². The van der Waals surface area contributed by atoms with Crippen LogP contribution >= 0.6 is 31.9 Å². The number of hydrogen-bond donors (Lipinski definition) is 5. The van der Waals surface area contributed by atoms with Crippen LogP contribution in [0.25, 0.3) is 22.1 Å². The number of aliphatic imine (C=N–C) groups is 2. The topological polar surface area (TPSA) is 225 Å². The molecule has 19 heteroatoms. The highest BCUT2D eigenvalue weighted by molar-refractivity contribution is 9.11. The van der Waals surface area contributed by atoms with Gasteiger partial charge in [-0.1, -0.05) is 0 Å². The molecule has 9 rings (SSSR count). The van der Waals surface area contributed by atoms with Gasteiger partial charge in [0.2, 0.25) is 0 Å². The molecule has 6 aromatic heterocycles. The van der Waals surface area contributed by atoms with E-state index < -0.39 is 5.97 Å². The van der Waals surface area contributed by atoms with Crippen LogP contribution in [0.3, 0.4) is 0 Å². The van der Waals surface area contributed by atoms with Crippen LogP contribution in [0.4, 0.5) is 23.3 Å². The number of H-pyrrole nitrogens is 2. The number of aromatic carboxylic acids is 1. The number of hydrogen-bond acceptors (Lipinski definition) is 13. The van der Waals surface area contributed by atoms with Crippen molar-refractivity contribution in [2.75, 3.05) is 36.9 Å². The van der Waals surface area contributed by atoms with Crippen LogP contribution in [0.5, 0.6) is 0 Å². The second-order valence-electron chi connectivity index (χ2n) is 11.5. The molecule has 17 nitrogen and oxygen atoms in total. The molecule has 0 spiro atoms. The number of carbonyl (C=O) groups excluding carboxylic acids is 1. The number of carboxylic acid groups (broad SMARTS) is 1. The molecule has 51 heavy (non-hydrogen) atoms. The van der Waals surface area contributed by atoms with E-state index in [1.165, 1.54) is 12.7 Å². The summed E-state index contributed by atoms with van der Waals surface area (Å²) in [7, 11) is 0. The normalized spacial score (nSPS) is 14.4. The third-order valence-corrected chi connectivity index (χ3v) is 9.89. The number of anilines is 4. The predicted molar refractivity (Wildman–Crippen MR) is 194 cm³/mol. The van der Waals surface area contributed by atoms with E-state index in [0.717, 1.165) is 22.3 Å². The van der Waals surface area contributed by atoms with Crippen molar-refractivity contribution in [1.29, 1.82) is 0 Å². The number of rotatable bonds is 6. The van der Waals surface area contributed by atoms with Gasteiger partial charge in [0, 0.05) is 60.2 Å². The smallest absolute Gasteiger partial charge is 0.353 e. The van der Waals surface area contributed by atoms with Gasteiger partial charge in [0.1, 0.15) is 58.6 Å². The summed E-state index contributed by atoms with van der Waals surface area (Å²) in [6.07, 6.45) is 10.0. The lowest BCUT2D eigenvalue weighted by Gasteiger charge is -2.26. The largest absolute Gasteiger partial charge is 0.477 e. The van der Waals surface area contributed by atoms with Gasteiger partial charge in [0.25, 0.3) is 5.91 Å². The van der Waals surface area contributed by atoms with Crippen molar-refractivity contribution in [3.05, 3.63) is 79.8 Å². The molecule has 3 aliphatic heterocycles. The molecule has 0 bridgehead atoms. The molecule has 5 N–H and O–H groups in total. The van der Waals surface area contributed by atoms with Gasteiger partial charge in [-0.2, -0.15) is 0 Å². The Labute approximate surface area is 304 Å². The van der Waals surface area contributed by atoms with E-state index in [2.05, 4.69) is 92.4 Å². The Bertz CT molecular complexity index is 2420. The third kappa shape index (κ3) is 6.30. The first-order valence-corrected chi connectivity index (χ1v) is 17.1. The number of aromatic nitrogens is 8. The average molecular weight is 815 g/mol. The standard InChI is InChI=1S/C18H16BrN7O2.C14H9BrN6O2/c19-14-13-16(24-12-5-10-6-20-7-11(10)8-21-12)22-9-23-17(13)25-15(14)18(27)26-1-3-28-4-2-26;15-10-9-12(18-5-19-13(9)21-11(10)14(22)23)20-8-1-6-2-16-3-7(6)4-17-8/h5-6,8-9H,1-4,7H2,(H2,21,22,23,24,25);1-2,4-5H,3H2,(H,22,23)(H2,17,18,19,20,21). The highest BCUT2D eigenvalue weighted by atomic mass is 79.9. The molecular formula is C32H25Br2N13O4. The van der Waals surface area contributed by atoms with E-state index in [4.69, 9.17) is 4.74 Å². The Morgan fingerprint density at radius 1 is 0.745 bits per heavy atom. The molecule has 6 aromatic rings. The van der Waals surface area contributed by atoms with E-state index in [-0.39, 0.29) is 11.6 Å². The maximum atomic E-state index is 12.9. The summed E-state index contributed by atoms with van der Waals surface area (Å²) in [5.74, 6) is 1.12. The van der Waals surface area contributed by atoms with Gasteiger partial charge in [0.15, 0.2) is 0 Å². The Hall–Kier alpha value is -5.66. The number of nitrogens with one attached hydrogen (secondary N) is 4. The molecule has 0 aliphatic carbocycles. The molecule has 0 radical (unpaired) electrons. The van der Waals surface area contributed by atoms with Crippen LogP contribution in [0.15, 0.2) is 56.1 Å². The fraction of sp³-hybridized carbons (Fsp3) is 0.188. The number of pyridine rings is 2. The van der Waals surface area contributed by atoms with E-state index in [9.17, 15) is 14.7 Å². The SMILES string of the molecule is O=C(O)c1[nH]c2ncnc(Nc3cc4c(cn3)CN=C4)c2c1Br.O=C(c1[nH]c2ncnc(Nc3cc4c(cn3)CN=C4)c2c1Br)N1CCOCC1. The summed E-state index contributed by atoms with van der Waals surface area (Å²) < 4.78 is 6.35. The Balaban J connectivity index is 0.000000150. The average Bonchev–Trinajstić information content (AvgIpc) is 3.94. The van der Waals surface area contributed by atoms with Gasteiger partial charge in [-0.25, -0.2) is 34.7 Å². The first-order chi connectivity index (χ1) is 24.8. The Morgan fingerprint density at radius 2 is 1.25 bits per heavy atom. The molecule has 1 fully saturated rings. The summed E-state index contributed by atoms with van der Waals surface area (Å²) in [6, 6.07) is 3.80. The zero-order valence-corrected chi connectivity index (χ0v) is 29.5. The van der Waals surface area contributed by atoms with Gasteiger partial charge in [-0.3, -0.25) is 14.8 Å². The molecule has 9 heterocycles. The number of halogens is 2. The fourth-order valence-electron chi connectivity index (χ4n) is 5.75. The molecule has 0 saturated carbocycles. The molecule has 1 saturated heterocycles. The van der Waals surface area contributed by atoms with E-state index >= 15 is 0 Å². The van der Waals surface area contributed by atoms with Gasteiger partial charge < -0.3 is 35.3 Å². The molecule has 0 atom stereocenters. The van der Waals surface area contributed by atoms with Crippen LogP contribution in [0, 0.1) is 0 Å². The van der Waals surface area contributed by atoms with Crippen LogP contribution in [-0.4, -0.2) is 100 Å². The monoisotopic (exact) mass is 813 g/mol. The lowest BCUT2D eigenvalue weighted by molar-refractivity contribution is 0.0299. The minimum absolute atomic E-state index is 0.0256. The minimum atomic E-state index is -1.08. The highest BCUT2D eigenvalue weighted by Crippen LogP contribution is 2.34. The van der Waals surface area contributed by atoms with Crippen molar-refractivity contribution >= 4 is 102 Å². The van der Waals surface area contributed by atoms with Gasteiger partial charge in [0.05, 0.1) is 46.0 Å². The number of carbonyl (C=O) groups is 2. The molecule has 256 valence electrons. The second kappa shape index (κ2) is 13.6. The number of amides is 1. The second-order valence-corrected chi connectivity index (χ2v) is 13.0. The van der Waals surface area contributed by atoms with Crippen molar-refractivity contribution < 1.29 is 19.4 Å². The van der Waals surface area contributed by atoms with Gasteiger partial charge in [-0.15, -0.1) is 0 Å². The van der Waals surface area contributed by atoms with Gasteiger partial charge in [-0.05, 0) is 44.0 Å². The number of fused-ring (bicyclic) bond motifs is 4. The number of ether oxygens (including phenoxy) is 1. The summed E-state index contributed by atoms with van der Waals surface area (Å²) >= 11 is 6.85. The lowest BCUT2D eigenvalue weighted by atomic mass is 10.2. The summed E-state index contributed by atoms with van der Waals surface area (Å²) in [5.41, 5.74) is 5.69. The Kier molecular flexibility index (Phi) is 8.66. The minimum Gasteiger partial charge on any atom is -0.477 e. The van der Waals surface area contributed by atoms with Gasteiger partial charge >= 0.3 is 5.97 Å². The summed E-state index contributed by atoms with van der Waals surface area (Å²) in [4.78, 5) is 65.9. The number of morpholine rings is 1. The molecule has 0 unspecified atom stereocenters. The quantitative estimate of drug-likeness (QED) is 0.154. The lowest BCUT2D eigenvalue weighted by Crippen LogP contribution is -2.40. The van der Waals surface area contributed by atoms with Crippen LogP contribution in [0.1, 0.15) is 43.2 Å². The zero-order valence-electron chi connectivity index (χ0n) is 26.3. The third-order valence-electron chi connectivity index (χ3n) is 8.31. The molecular weight excluding hydrogens is 790 g/mol. The number of aromatic amines is 2. The molecule has 1 amide bonds. The van der Waals surface area contributed by atoms with Crippen LogP contribution in [-0.2, 0) is 17.8 Å². The van der Waals surface area contributed by atoms with Crippen molar-refractivity contribution in [2.45, 2.75) is 13.1 Å². The van der Waals surface area contributed by atoms with Crippen LogP contribution in [0.2, 0.25) is 0 Å². The first kappa shape index (κ1) is 32.5. The van der Waals surface area contributed by atoms with Crippen molar-refractivity contribution in [3.8, 4) is 0 Å². The fourth-order valence-corrected chi connectivity index (χ4v) is 7.04. The first-order valence-electron chi connectivity index (χ1n) is 15.5. The molecule has 0 aromatic carbocycles. The maximum absolute atomic E-state index is 12.9. The predicted octanol–water partition coefficient (Wildman–Crippen LogP) is 4.75. The molecule has 3 aliphatic rings. The Morgan fingerprint density at radius 3 is 1.78 bits per heavy atom. The van der Waals surface area contributed by atoms with Crippen molar-refractivity contribution in [3.63, 3.8) is 0 Å². The van der Waals surface area contributed by atoms with E-state index in [1.807, 2.05) is 24.5 Å². The number of carboxylic acids is 1. The highest BCUT2D eigenvalue weighted by Gasteiger charge is 2.26. The summed E-state index contributed by atoms with van der Waals surface area (Å²) in [6.45, 7) is 3.53.